The fourth-order valence-electron chi connectivity index (χ4n) is 2.57. The monoisotopic (exact) mass is 314 g/mol. The minimum absolute atomic E-state index is 0.948. The summed E-state index contributed by atoms with van der Waals surface area (Å²) in [6, 6.07) is 28.9. The number of rotatable bonds is 3. The van der Waals surface area contributed by atoms with E-state index in [0.29, 0.717) is 0 Å². The van der Waals surface area contributed by atoms with Gasteiger partial charge in [0.2, 0.25) is 0 Å². The highest BCUT2D eigenvalue weighted by Gasteiger charge is 2.12. The van der Waals surface area contributed by atoms with E-state index < -0.39 is 0 Å². The Balaban J connectivity index is 1.79. The molecule has 3 aromatic carbocycles. The van der Waals surface area contributed by atoms with Gasteiger partial charge in [0.25, 0.3) is 0 Å². The molecule has 0 unspecified atom stereocenters. The molecule has 0 aliphatic carbocycles. The minimum atomic E-state index is 0.948. The van der Waals surface area contributed by atoms with E-state index in [4.69, 9.17) is 0 Å². The molecule has 0 amide bonds. The standard InChI is InChI=1S/C20H14N2S/c1-3-9-15(10-4-1)17-13-7-8-14-18(17)20-22-21-19(23-20)16-11-5-2-6-12-16/h1-14H. The number of hydrogen-bond donors (Lipinski definition) is 0. The van der Waals surface area contributed by atoms with Crippen LogP contribution in [0.3, 0.4) is 0 Å². The second-order valence-corrected chi connectivity index (χ2v) is 6.17. The summed E-state index contributed by atoms with van der Waals surface area (Å²) >= 11 is 1.63. The molecule has 0 saturated heterocycles. The van der Waals surface area contributed by atoms with E-state index in [1.807, 2.05) is 30.3 Å². The quantitative estimate of drug-likeness (QED) is 0.496. The molecule has 1 aromatic heterocycles. The fourth-order valence-corrected chi connectivity index (χ4v) is 3.46. The average molecular weight is 314 g/mol. The van der Waals surface area contributed by atoms with Crippen molar-refractivity contribution in [2.24, 2.45) is 0 Å². The summed E-state index contributed by atoms with van der Waals surface area (Å²) in [6.07, 6.45) is 0. The van der Waals surface area contributed by atoms with Crippen LogP contribution < -0.4 is 0 Å². The third kappa shape index (κ3) is 2.79. The van der Waals surface area contributed by atoms with Gasteiger partial charge in [0.1, 0.15) is 10.0 Å². The van der Waals surface area contributed by atoms with Gasteiger partial charge in [0, 0.05) is 11.1 Å². The molecule has 0 N–H and O–H groups in total. The van der Waals surface area contributed by atoms with Crippen LogP contribution in [0.2, 0.25) is 0 Å². The van der Waals surface area contributed by atoms with Crippen LogP contribution in [-0.2, 0) is 0 Å². The van der Waals surface area contributed by atoms with Gasteiger partial charge >= 0.3 is 0 Å². The van der Waals surface area contributed by atoms with Gasteiger partial charge in [-0.2, -0.15) is 0 Å². The Morgan fingerprint density at radius 1 is 0.478 bits per heavy atom. The third-order valence-electron chi connectivity index (χ3n) is 3.69. The average Bonchev–Trinajstić information content (AvgIpc) is 3.13. The van der Waals surface area contributed by atoms with Crippen LogP contribution in [0, 0.1) is 0 Å². The van der Waals surface area contributed by atoms with E-state index in [0.717, 1.165) is 21.1 Å². The van der Waals surface area contributed by atoms with E-state index in [1.54, 1.807) is 11.3 Å². The Hall–Kier alpha value is -2.78. The second kappa shape index (κ2) is 6.15. The molecule has 4 rings (SSSR count). The molecule has 0 saturated carbocycles. The van der Waals surface area contributed by atoms with Gasteiger partial charge in [-0.15, -0.1) is 10.2 Å². The lowest BCUT2D eigenvalue weighted by atomic mass is 10.0. The highest BCUT2D eigenvalue weighted by atomic mass is 32.1. The molecule has 110 valence electrons. The Bertz CT molecular complexity index is 915. The number of nitrogens with zero attached hydrogens (tertiary/aromatic N) is 2. The molecule has 0 radical (unpaired) electrons. The third-order valence-corrected chi connectivity index (χ3v) is 4.69. The Labute approximate surface area is 139 Å². The highest BCUT2D eigenvalue weighted by molar-refractivity contribution is 7.18. The number of hydrogen-bond acceptors (Lipinski definition) is 3. The first-order chi connectivity index (χ1) is 11.4. The summed E-state index contributed by atoms with van der Waals surface area (Å²) in [7, 11) is 0. The van der Waals surface area contributed by atoms with Crippen molar-refractivity contribution in [3.63, 3.8) is 0 Å². The van der Waals surface area contributed by atoms with E-state index >= 15 is 0 Å². The zero-order chi connectivity index (χ0) is 15.5. The van der Waals surface area contributed by atoms with Gasteiger partial charge in [-0.3, -0.25) is 0 Å². The molecule has 0 spiro atoms. The molecule has 0 atom stereocenters. The summed E-state index contributed by atoms with van der Waals surface area (Å²) in [6.45, 7) is 0. The maximum atomic E-state index is 4.42. The SMILES string of the molecule is c1ccc(-c2nnc(-c3ccccc3-c3ccccc3)s2)cc1. The van der Waals surface area contributed by atoms with Crippen molar-refractivity contribution in [2.75, 3.05) is 0 Å². The first-order valence-corrected chi connectivity index (χ1v) is 8.27. The van der Waals surface area contributed by atoms with Gasteiger partial charge < -0.3 is 0 Å². The number of aromatic nitrogens is 2. The zero-order valence-electron chi connectivity index (χ0n) is 12.4. The predicted molar refractivity (Wildman–Crippen MR) is 96.2 cm³/mol. The summed E-state index contributed by atoms with van der Waals surface area (Å²) in [5.74, 6) is 0. The van der Waals surface area contributed by atoms with Crippen molar-refractivity contribution in [3.8, 4) is 32.3 Å². The summed E-state index contributed by atoms with van der Waals surface area (Å²) in [5, 5.41) is 10.7. The summed E-state index contributed by atoms with van der Waals surface area (Å²) in [5.41, 5.74) is 4.61. The van der Waals surface area contributed by atoms with Crippen LogP contribution in [0.5, 0.6) is 0 Å². The first kappa shape index (κ1) is 13.9. The maximum absolute atomic E-state index is 4.42. The van der Waals surface area contributed by atoms with Crippen LogP contribution in [0.25, 0.3) is 32.3 Å². The van der Waals surface area contributed by atoms with Crippen LogP contribution >= 0.6 is 11.3 Å². The summed E-state index contributed by atoms with van der Waals surface area (Å²) < 4.78 is 0. The van der Waals surface area contributed by atoms with Crippen molar-refractivity contribution in [3.05, 3.63) is 84.9 Å². The largest absolute Gasteiger partial charge is 0.148 e. The summed E-state index contributed by atoms with van der Waals surface area (Å²) in [4.78, 5) is 0. The van der Waals surface area contributed by atoms with Crippen molar-refractivity contribution in [1.29, 1.82) is 0 Å². The lowest BCUT2D eigenvalue weighted by Crippen LogP contribution is -1.84. The molecule has 23 heavy (non-hydrogen) atoms. The van der Waals surface area contributed by atoms with E-state index in [9.17, 15) is 0 Å². The van der Waals surface area contributed by atoms with E-state index in [-0.39, 0.29) is 0 Å². The van der Waals surface area contributed by atoms with Gasteiger partial charge in [-0.25, -0.2) is 0 Å². The van der Waals surface area contributed by atoms with Crippen molar-refractivity contribution < 1.29 is 0 Å². The maximum Gasteiger partial charge on any atom is 0.148 e. The highest BCUT2D eigenvalue weighted by Crippen LogP contribution is 2.35. The Morgan fingerprint density at radius 3 is 1.70 bits per heavy atom. The van der Waals surface area contributed by atoms with Crippen LogP contribution in [0.15, 0.2) is 84.9 Å². The molecule has 0 fully saturated rings. The second-order valence-electron chi connectivity index (χ2n) is 5.19. The van der Waals surface area contributed by atoms with E-state index in [1.165, 1.54) is 11.1 Å². The van der Waals surface area contributed by atoms with Gasteiger partial charge in [-0.05, 0) is 11.1 Å². The van der Waals surface area contributed by atoms with Gasteiger partial charge in [0.15, 0.2) is 0 Å². The van der Waals surface area contributed by atoms with Crippen molar-refractivity contribution in [2.45, 2.75) is 0 Å². The lowest BCUT2D eigenvalue weighted by Gasteiger charge is -2.06. The molecule has 1 heterocycles. The van der Waals surface area contributed by atoms with Crippen molar-refractivity contribution in [1.82, 2.24) is 10.2 Å². The Kier molecular flexibility index (Phi) is 3.70. The molecule has 2 nitrogen and oxygen atoms in total. The minimum Gasteiger partial charge on any atom is -0.138 e. The molecular weight excluding hydrogens is 300 g/mol. The van der Waals surface area contributed by atoms with Gasteiger partial charge in [0.05, 0.1) is 0 Å². The molecular formula is C20H14N2S. The van der Waals surface area contributed by atoms with Crippen LogP contribution in [0.4, 0.5) is 0 Å². The normalized spacial score (nSPS) is 10.6. The lowest BCUT2D eigenvalue weighted by molar-refractivity contribution is 1.10. The smallest absolute Gasteiger partial charge is 0.138 e. The fraction of sp³-hybridized carbons (Fsp3) is 0. The first-order valence-electron chi connectivity index (χ1n) is 7.45. The van der Waals surface area contributed by atoms with Crippen LogP contribution in [0.1, 0.15) is 0 Å². The molecule has 4 aromatic rings. The number of benzene rings is 3. The van der Waals surface area contributed by atoms with Crippen molar-refractivity contribution >= 4 is 11.3 Å². The molecule has 0 aliphatic heterocycles. The Morgan fingerprint density at radius 2 is 1.00 bits per heavy atom. The van der Waals surface area contributed by atoms with Crippen LogP contribution in [-0.4, -0.2) is 10.2 Å². The molecule has 0 aliphatic rings. The topological polar surface area (TPSA) is 25.8 Å². The predicted octanol–water partition coefficient (Wildman–Crippen LogP) is 5.54. The van der Waals surface area contributed by atoms with Gasteiger partial charge in [-0.1, -0.05) is 96.3 Å². The molecule has 0 bridgehead atoms. The van der Waals surface area contributed by atoms with E-state index in [2.05, 4.69) is 64.8 Å². The molecule has 3 heteroatoms. The zero-order valence-corrected chi connectivity index (χ0v) is 13.2.